The topological polar surface area (TPSA) is 116 Å². The molecule has 2 amide bonds. The van der Waals surface area contributed by atoms with Crippen LogP contribution in [0.2, 0.25) is 0 Å². The number of morpholine rings is 1. The van der Waals surface area contributed by atoms with Crippen molar-refractivity contribution in [1.82, 2.24) is 10.6 Å². The molecule has 1 fully saturated rings. The molecule has 1 unspecified atom stereocenters. The zero-order valence-corrected chi connectivity index (χ0v) is 23.9. The van der Waals surface area contributed by atoms with Crippen LogP contribution in [0.3, 0.4) is 0 Å². The lowest BCUT2D eigenvalue weighted by molar-refractivity contribution is 0.0158. The minimum Gasteiger partial charge on any atom is -0.493 e. The summed E-state index contributed by atoms with van der Waals surface area (Å²) < 4.78 is 31.5. The largest absolute Gasteiger partial charge is 0.493 e. The fourth-order valence-corrected chi connectivity index (χ4v) is 5.03. The van der Waals surface area contributed by atoms with E-state index in [4.69, 9.17) is 19.6 Å². The molecule has 42 heavy (non-hydrogen) atoms. The van der Waals surface area contributed by atoms with Gasteiger partial charge >= 0.3 is 0 Å². The third-order valence-electron chi connectivity index (χ3n) is 7.20. The van der Waals surface area contributed by atoms with E-state index in [0.29, 0.717) is 65.7 Å². The number of nitrogens with one attached hydrogen (secondary N) is 2. The molecule has 8 nitrogen and oxygen atoms in total. The van der Waals surface area contributed by atoms with Crippen molar-refractivity contribution < 1.29 is 27.9 Å². The van der Waals surface area contributed by atoms with Crippen molar-refractivity contribution in [2.45, 2.75) is 32.8 Å². The Labute approximate surface area is 244 Å². The van der Waals surface area contributed by atoms with Gasteiger partial charge in [0.25, 0.3) is 11.8 Å². The van der Waals surface area contributed by atoms with Crippen LogP contribution in [0.25, 0.3) is 22.3 Å². The Morgan fingerprint density at radius 2 is 1.93 bits per heavy atom. The Hall–Kier alpha value is -4.21. The van der Waals surface area contributed by atoms with Crippen LogP contribution in [0.1, 0.15) is 52.1 Å². The van der Waals surface area contributed by atoms with Gasteiger partial charge in [0.15, 0.2) is 0 Å². The van der Waals surface area contributed by atoms with Crippen LogP contribution in [0.5, 0.6) is 5.75 Å². The van der Waals surface area contributed by atoms with Gasteiger partial charge in [-0.15, -0.1) is 0 Å². The van der Waals surface area contributed by atoms with E-state index in [0.717, 1.165) is 30.6 Å². The first-order valence-corrected chi connectivity index (χ1v) is 14.3. The molecule has 0 spiro atoms. The molecule has 0 radical (unpaired) electrons. The van der Waals surface area contributed by atoms with Gasteiger partial charge in [0.05, 0.1) is 24.9 Å². The quantitative estimate of drug-likeness (QED) is 0.231. The van der Waals surface area contributed by atoms with E-state index in [1.807, 2.05) is 38.1 Å². The lowest BCUT2D eigenvalue weighted by Crippen LogP contribution is -2.39. The average Bonchev–Trinajstić information content (AvgIpc) is 3.36. The lowest BCUT2D eigenvalue weighted by atomic mass is 9.98. The average molecular weight is 574 g/mol. The third kappa shape index (κ3) is 6.98. The summed E-state index contributed by atoms with van der Waals surface area (Å²) in [5, 5.41) is 6.86. The van der Waals surface area contributed by atoms with Crippen LogP contribution in [0.4, 0.5) is 4.39 Å². The zero-order chi connectivity index (χ0) is 29.6. The molecule has 1 saturated heterocycles. The maximum atomic E-state index is 13.5. The highest BCUT2D eigenvalue weighted by Gasteiger charge is 2.21. The van der Waals surface area contributed by atoms with E-state index < -0.39 is 5.91 Å². The van der Waals surface area contributed by atoms with Crippen LogP contribution < -0.4 is 21.1 Å². The Morgan fingerprint density at radius 1 is 1.12 bits per heavy atom. The molecule has 2 heterocycles. The number of carbonyl (C=O) groups excluding carboxylic acids is 2. The van der Waals surface area contributed by atoms with E-state index >= 15 is 0 Å². The number of amides is 2. The molecule has 1 aromatic heterocycles. The van der Waals surface area contributed by atoms with Crippen molar-refractivity contribution in [2.24, 2.45) is 11.7 Å². The molecular weight excluding hydrogens is 537 g/mol. The summed E-state index contributed by atoms with van der Waals surface area (Å²) in [4.78, 5) is 25.4. The standard InChI is InChI=1S/C33H36FN3O5/c1-20(2)18-37-33(39)23-6-10-28(41-13-11-26-19-36-12-14-40-26)24(17-23)15-21-3-9-29-27(16-21)30(32(35)38)31(42-29)22-4-7-25(34)8-5-22/h3-10,16-17,20,26,36H,11-15,18-19H2,1-2H3,(H2,35,38)(H,37,39). The van der Waals surface area contributed by atoms with E-state index in [9.17, 15) is 14.0 Å². The minimum atomic E-state index is -0.641. The van der Waals surface area contributed by atoms with Gasteiger partial charge in [0.1, 0.15) is 22.9 Å². The Balaban J connectivity index is 1.44. The van der Waals surface area contributed by atoms with E-state index in [1.165, 1.54) is 12.1 Å². The Bertz CT molecular complexity index is 1560. The molecule has 1 aliphatic heterocycles. The van der Waals surface area contributed by atoms with Crippen molar-refractivity contribution >= 4 is 22.8 Å². The van der Waals surface area contributed by atoms with Gasteiger partial charge < -0.3 is 30.3 Å². The fourth-order valence-electron chi connectivity index (χ4n) is 5.03. The molecule has 220 valence electrons. The number of benzene rings is 3. The predicted molar refractivity (Wildman–Crippen MR) is 159 cm³/mol. The Morgan fingerprint density at radius 3 is 2.64 bits per heavy atom. The van der Waals surface area contributed by atoms with E-state index in [1.54, 1.807) is 24.3 Å². The van der Waals surface area contributed by atoms with Crippen molar-refractivity contribution in [3.8, 4) is 17.1 Å². The third-order valence-corrected chi connectivity index (χ3v) is 7.20. The second-order valence-corrected chi connectivity index (χ2v) is 10.9. The van der Waals surface area contributed by atoms with Gasteiger partial charge in [-0.25, -0.2) is 4.39 Å². The lowest BCUT2D eigenvalue weighted by Gasteiger charge is -2.23. The van der Waals surface area contributed by atoms with Gasteiger partial charge in [-0.2, -0.15) is 0 Å². The number of ether oxygens (including phenoxy) is 2. The summed E-state index contributed by atoms with van der Waals surface area (Å²) in [7, 11) is 0. The van der Waals surface area contributed by atoms with Crippen LogP contribution >= 0.6 is 0 Å². The monoisotopic (exact) mass is 573 g/mol. The zero-order valence-electron chi connectivity index (χ0n) is 23.9. The number of nitrogens with two attached hydrogens (primary N) is 1. The highest BCUT2D eigenvalue weighted by atomic mass is 19.1. The molecule has 0 aliphatic carbocycles. The molecule has 0 saturated carbocycles. The second-order valence-electron chi connectivity index (χ2n) is 10.9. The van der Waals surface area contributed by atoms with Gasteiger partial charge in [-0.05, 0) is 71.6 Å². The molecule has 1 atom stereocenters. The first kappa shape index (κ1) is 29.3. The normalized spacial score (nSPS) is 15.2. The van der Waals surface area contributed by atoms with Gasteiger partial charge in [-0.3, -0.25) is 9.59 Å². The van der Waals surface area contributed by atoms with Crippen molar-refractivity contribution in [2.75, 3.05) is 32.8 Å². The van der Waals surface area contributed by atoms with Crippen LogP contribution in [-0.4, -0.2) is 50.8 Å². The Kier molecular flexibility index (Phi) is 9.19. The summed E-state index contributed by atoms with van der Waals surface area (Å²) in [6, 6.07) is 16.7. The maximum absolute atomic E-state index is 13.5. The van der Waals surface area contributed by atoms with Crippen LogP contribution in [-0.2, 0) is 11.2 Å². The number of primary amides is 1. The summed E-state index contributed by atoms with van der Waals surface area (Å²) in [5.74, 6) is 0.115. The first-order valence-electron chi connectivity index (χ1n) is 14.3. The summed E-state index contributed by atoms with van der Waals surface area (Å²) in [5.41, 5.74) is 9.31. The molecule has 5 rings (SSSR count). The van der Waals surface area contributed by atoms with Gasteiger partial charge in [-0.1, -0.05) is 19.9 Å². The van der Waals surface area contributed by atoms with E-state index in [2.05, 4.69) is 10.6 Å². The van der Waals surface area contributed by atoms with Crippen LogP contribution in [0, 0.1) is 11.7 Å². The van der Waals surface area contributed by atoms with E-state index in [-0.39, 0.29) is 23.4 Å². The number of fused-ring (bicyclic) bond motifs is 1. The summed E-state index contributed by atoms with van der Waals surface area (Å²) in [6.07, 6.45) is 1.26. The van der Waals surface area contributed by atoms with Gasteiger partial charge in [0.2, 0.25) is 0 Å². The molecule has 9 heteroatoms. The molecule has 1 aliphatic rings. The molecule has 4 aromatic rings. The van der Waals surface area contributed by atoms with Gasteiger partial charge in [0, 0.05) is 49.0 Å². The number of furan rings is 1. The second kappa shape index (κ2) is 13.2. The number of rotatable bonds is 11. The summed E-state index contributed by atoms with van der Waals surface area (Å²) >= 11 is 0. The first-order chi connectivity index (χ1) is 20.3. The number of halogens is 1. The molecule has 4 N–H and O–H groups in total. The van der Waals surface area contributed by atoms with Crippen molar-refractivity contribution in [3.05, 3.63) is 88.7 Å². The maximum Gasteiger partial charge on any atom is 0.253 e. The van der Waals surface area contributed by atoms with Crippen LogP contribution in [0.15, 0.2) is 65.1 Å². The minimum absolute atomic E-state index is 0.0920. The highest BCUT2D eigenvalue weighted by molar-refractivity contribution is 6.10. The highest BCUT2D eigenvalue weighted by Crippen LogP contribution is 2.35. The molecular formula is C33H36FN3O5. The molecule has 3 aromatic carbocycles. The number of hydrogen-bond donors (Lipinski definition) is 3. The van der Waals surface area contributed by atoms with Crippen molar-refractivity contribution in [1.29, 1.82) is 0 Å². The number of carbonyl (C=O) groups is 2. The predicted octanol–water partition coefficient (Wildman–Crippen LogP) is 5.07. The number of hydrogen-bond acceptors (Lipinski definition) is 6. The SMILES string of the molecule is CC(C)CNC(=O)c1ccc(OCCC2CNCCO2)c(Cc2ccc3oc(-c4ccc(F)cc4)c(C(N)=O)c3c2)c1. The smallest absolute Gasteiger partial charge is 0.253 e. The van der Waals surface area contributed by atoms with Crippen molar-refractivity contribution in [3.63, 3.8) is 0 Å². The molecule has 0 bridgehead atoms. The summed E-state index contributed by atoms with van der Waals surface area (Å²) in [6.45, 7) is 7.45. The fraction of sp³-hybridized carbons (Fsp3) is 0.333.